The van der Waals surface area contributed by atoms with E-state index in [4.69, 9.17) is 16.3 Å². The van der Waals surface area contributed by atoms with Crippen molar-refractivity contribution >= 4 is 33.8 Å². The second kappa shape index (κ2) is 9.86. The Morgan fingerprint density at radius 3 is 2.62 bits per heavy atom. The first-order chi connectivity index (χ1) is 16.2. The van der Waals surface area contributed by atoms with Crippen molar-refractivity contribution in [1.29, 1.82) is 0 Å². The van der Waals surface area contributed by atoms with Crippen molar-refractivity contribution in [3.8, 4) is 16.3 Å². The predicted molar refractivity (Wildman–Crippen MR) is 136 cm³/mol. The number of rotatable bonds is 7. The van der Waals surface area contributed by atoms with Gasteiger partial charge in [-0.15, -0.1) is 11.3 Å². The molecule has 0 spiro atoms. The van der Waals surface area contributed by atoms with Crippen LogP contribution >= 0.6 is 22.9 Å². The molecule has 178 valence electrons. The van der Waals surface area contributed by atoms with Crippen LogP contribution in [-0.4, -0.2) is 28.4 Å². The van der Waals surface area contributed by atoms with Crippen molar-refractivity contribution in [3.63, 3.8) is 0 Å². The number of nitrogens with zero attached hydrogens (tertiary/aromatic N) is 2. The number of fused-ring (bicyclic) bond motifs is 1. The molecule has 5 nitrogen and oxygen atoms in total. The standard InChI is InChI=1S/C26H26ClFN2O3S/c1-14(2)22(13-31)30-12-15(3)25(32)19-9-16(23(33-4)11-21(19)30)7-17-8-18(10-20(27)24(17)28)26-29-5-6-34-26/h5-6,8-12,14,22,31H,7,13H2,1-4H3. The summed E-state index contributed by atoms with van der Waals surface area (Å²) in [6.45, 7) is 5.74. The third kappa shape index (κ3) is 4.48. The molecule has 0 amide bonds. The van der Waals surface area contributed by atoms with Crippen molar-refractivity contribution in [2.45, 2.75) is 33.2 Å². The van der Waals surface area contributed by atoms with Crippen LogP contribution in [0, 0.1) is 18.7 Å². The normalized spacial score (nSPS) is 12.5. The van der Waals surface area contributed by atoms with Gasteiger partial charge in [0.1, 0.15) is 16.6 Å². The molecule has 2 heterocycles. The van der Waals surface area contributed by atoms with Crippen LogP contribution in [0.5, 0.6) is 5.75 Å². The molecule has 0 fully saturated rings. The highest BCUT2D eigenvalue weighted by atomic mass is 35.5. The van der Waals surface area contributed by atoms with Gasteiger partial charge in [-0.25, -0.2) is 9.37 Å². The minimum absolute atomic E-state index is 0.0170. The summed E-state index contributed by atoms with van der Waals surface area (Å²) in [6.07, 6.45) is 3.65. The second-order valence-electron chi connectivity index (χ2n) is 8.67. The molecule has 0 aliphatic carbocycles. The van der Waals surface area contributed by atoms with Gasteiger partial charge >= 0.3 is 0 Å². The molecule has 0 saturated heterocycles. The lowest BCUT2D eigenvalue weighted by Crippen LogP contribution is -2.23. The molecule has 8 heteroatoms. The number of halogens is 2. The van der Waals surface area contributed by atoms with Gasteiger partial charge in [-0.1, -0.05) is 25.4 Å². The molecule has 0 bridgehead atoms. The summed E-state index contributed by atoms with van der Waals surface area (Å²) in [6, 6.07) is 6.65. The molecular formula is C26H26ClFN2O3S. The van der Waals surface area contributed by atoms with Crippen LogP contribution in [0.4, 0.5) is 4.39 Å². The number of hydrogen-bond acceptors (Lipinski definition) is 5. The number of thiazole rings is 1. The van der Waals surface area contributed by atoms with Crippen molar-refractivity contribution in [1.82, 2.24) is 9.55 Å². The van der Waals surface area contributed by atoms with Crippen LogP contribution in [0.3, 0.4) is 0 Å². The summed E-state index contributed by atoms with van der Waals surface area (Å²) in [5, 5.41) is 13.1. The fraction of sp³-hybridized carbons (Fsp3) is 0.308. The molecule has 0 aliphatic heterocycles. The molecule has 0 aliphatic rings. The van der Waals surface area contributed by atoms with Crippen LogP contribution < -0.4 is 10.2 Å². The van der Waals surface area contributed by atoms with E-state index in [9.17, 15) is 9.90 Å². The molecule has 2 aromatic heterocycles. The molecule has 1 atom stereocenters. The average Bonchev–Trinajstić information content (AvgIpc) is 3.35. The zero-order valence-electron chi connectivity index (χ0n) is 19.4. The lowest BCUT2D eigenvalue weighted by molar-refractivity contribution is 0.195. The van der Waals surface area contributed by atoms with E-state index in [1.165, 1.54) is 11.3 Å². The Balaban J connectivity index is 1.90. The maximum atomic E-state index is 15.0. The van der Waals surface area contributed by atoms with Gasteiger partial charge in [0.2, 0.25) is 0 Å². The number of aromatic nitrogens is 2. The lowest BCUT2D eigenvalue weighted by atomic mass is 9.98. The van der Waals surface area contributed by atoms with E-state index in [2.05, 4.69) is 4.98 Å². The number of methoxy groups -OCH3 is 1. The Morgan fingerprint density at radius 2 is 2.00 bits per heavy atom. The summed E-state index contributed by atoms with van der Waals surface area (Å²) in [5.74, 6) is 0.164. The van der Waals surface area contributed by atoms with Gasteiger partial charge in [0.15, 0.2) is 5.43 Å². The first-order valence-corrected chi connectivity index (χ1v) is 12.2. The van der Waals surface area contributed by atoms with Gasteiger partial charge in [0.05, 0.1) is 30.3 Å². The van der Waals surface area contributed by atoms with Crippen molar-refractivity contribution < 1.29 is 14.2 Å². The number of aliphatic hydroxyl groups excluding tert-OH is 1. The van der Waals surface area contributed by atoms with Crippen molar-refractivity contribution in [2.24, 2.45) is 5.92 Å². The molecule has 2 aromatic carbocycles. The highest BCUT2D eigenvalue weighted by molar-refractivity contribution is 7.13. The van der Waals surface area contributed by atoms with E-state index in [0.29, 0.717) is 33.3 Å². The van der Waals surface area contributed by atoms with Crippen molar-refractivity contribution in [3.05, 3.63) is 79.8 Å². The number of ether oxygens (including phenoxy) is 1. The Bertz CT molecular complexity index is 1400. The second-order valence-corrected chi connectivity index (χ2v) is 9.97. The number of benzene rings is 2. The van der Waals surface area contributed by atoms with Gasteiger partial charge in [-0.3, -0.25) is 4.79 Å². The lowest BCUT2D eigenvalue weighted by Gasteiger charge is -2.25. The molecule has 0 radical (unpaired) electrons. The zero-order chi connectivity index (χ0) is 24.6. The molecule has 4 rings (SSSR count). The van der Waals surface area contributed by atoms with Crippen LogP contribution in [0.15, 0.2) is 46.8 Å². The molecule has 1 unspecified atom stereocenters. The highest BCUT2D eigenvalue weighted by Crippen LogP contribution is 2.34. The van der Waals surface area contributed by atoms with Crippen LogP contribution in [0.25, 0.3) is 21.5 Å². The quantitative estimate of drug-likeness (QED) is 0.337. The maximum absolute atomic E-state index is 15.0. The predicted octanol–water partition coefficient (Wildman–Crippen LogP) is 6.01. The monoisotopic (exact) mass is 500 g/mol. The molecule has 34 heavy (non-hydrogen) atoms. The van der Waals surface area contributed by atoms with Crippen molar-refractivity contribution in [2.75, 3.05) is 13.7 Å². The molecular weight excluding hydrogens is 475 g/mol. The molecule has 4 aromatic rings. The minimum Gasteiger partial charge on any atom is -0.496 e. The summed E-state index contributed by atoms with van der Waals surface area (Å²) in [5.41, 5.74) is 2.92. The zero-order valence-corrected chi connectivity index (χ0v) is 21.0. The Labute approximate surface area is 206 Å². The number of hydrogen-bond donors (Lipinski definition) is 1. The smallest absolute Gasteiger partial charge is 0.192 e. The number of aryl methyl sites for hydroxylation is 1. The van der Waals surface area contributed by atoms with Crippen LogP contribution in [0.2, 0.25) is 5.02 Å². The maximum Gasteiger partial charge on any atom is 0.192 e. The summed E-state index contributed by atoms with van der Waals surface area (Å²) < 4.78 is 22.6. The number of aliphatic hydroxyl groups is 1. The van der Waals surface area contributed by atoms with Gasteiger partial charge in [-0.2, -0.15) is 0 Å². The third-order valence-corrected chi connectivity index (χ3v) is 7.19. The highest BCUT2D eigenvalue weighted by Gasteiger charge is 2.21. The van der Waals surface area contributed by atoms with E-state index in [1.807, 2.05) is 23.8 Å². The fourth-order valence-electron chi connectivity index (χ4n) is 4.25. The fourth-order valence-corrected chi connectivity index (χ4v) is 5.12. The van der Waals surface area contributed by atoms with E-state index < -0.39 is 5.82 Å². The average molecular weight is 501 g/mol. The van der Waals surface area contributed by atoms with Gasteiger partial charge in [0.25, 0.3) is 0 Å². The SMILES string of the molecule is COc1cc2c(cc1Cc1cc(-c3nccs3)cc(Cl)c1F)c(=O)c(C)cn2C(CO)C(C)C. The Morgan fingerprint density at radius 1 is 1.24 bits per heavy atom. The summed E-state index contributed by atoms with van der Waals surface area (Å²) >= 11 is 7.66. The summed E-state index contributed by atoms with van der Waals surface area (Å²) in [4.78, 5) is 17.4. The van der Waals surface area contributed by atoms with Gasteiger partial charge in [0, 0.05) is 46.8 Å². The molecule has 1 N–H and O–H groups in total. The largest absolute Gasteiger partial charge is 0.496 e. The van der Waals surface area contributed by atoms with E-state index in [-0.39, 0.29) is 35.4 Å². The first kappa shape index (κ1) is 24.4. The van der Waals surface area contributed by atoms with E-state index >= 15 is 4.39 Å². The van der Waals surface area contributed by atoms with Crippen LogP contribution in [0.1, 0.15) is 36.6 Å². The van der Waals surface area contributed by atoms with E-state index in [1.54, 1.807) is 50.7 Å². The topological polar surface area (TPSA) is 64.3 Å². The summed E-state index contributed by atoms with van der Waals surface area (Å²) in [7, 11) is 1.54. The number of pyridine rings is 1. The Kier molecular flexibility index (Phi) is 7.07. The first-order valence-electron chi connectivity index (χ1n) is 11.0. The van der Waals surface area contributed by atoms with Gasteiger partial charge in [-0.05, 0) is 42.2 Å². The van der Waals surface area contributed by atoms with Crippen LogP contribution in [-0.2, 0) is 6.42 Å². The Hall–Kier alpha value is -2.74. The van der Waals surface area contributed by atoms with Gasteiger partial charge < -0.3 is 14.4 Å². The third-order valence-electron chi connectivity index (χ3n) is 6.09. The minimum atomic E-state index is -0.508. The molecule has 0 saturated carbocycles. The van der Waals surface area contributed by atoms with E-state index in [0.717, 1.165) is 10.6 Å².